The van der Waals surface area contributed by atoms with Crippen molar-refractivity contribution in [1.82, 2.24) is 19.5 Å². The first kappa shape index (κ1) is 34.4. The molecule has 0 spiro atoms. The molecule has 0 unspecified atom stereocenters. The number of nitro groups is 2. The molecule has 16 heteroatoms. The monoisotopic (exact) mass is 702 g/mol. The third-order valence-corrected chi connectivity index (χ3v) is 6.90. The van der Waals surface area contributed by atoms with Crippen LogP contribution in [0.15, 0.2) is 102 Å². The van der Waals surface area contributed by atoms with E-state index < -0.39 is 28.7 Å². The van der Waals surface area contributed by atoms with E-state index in [0.29, 0.717) is 16.9 Å². The van der Waals surface area contributed by atoms with E-state index in [9.17, 15) is 35.1 Å². The van der Waals surface area contributed by atoms with E-state index in [-0.39, 0.29) is 21.6 Å². The summed E-state index contributed by atoms with van der Waals surface area (Å²) in [6, 6.07) is 24.2. The third-order valence-electron chi connectivity index (χ3n) is 6.28. The number of hydrogen-bond acceptors (Lipinski definition) is 10. The highest BCUT2D eigenvalue weighted by atomic mass is 79.9. The maximum Gasteiger partial charge on any atom is 0.506 e. The summed E-state index contributed by atoms with van der Waals surface area (Å²) in [5, 5.41) is 41.6. The van der Waals surface area contributed by atoms with Gasteiger partial charge in [0, 0.05) is 35.4 Å². The van der Waals surface area contributed by atoms with Crippen molar-refractivity contribution < 1.29 is 29.4 Å². The van der Waals surface area contributed by atoms with Crippen molar-refractivity contribution in [2.24, 2.45) is 0 Å². The van der Waals surface area contributed by atoms with E-state index >= 15 is 0 Å². The molecular formula is C31H28BBrN6O8. The Morgan fingerprint density at radius 2 is 1.47 bits per heavy atom. The first-order chi connectivity index (χ1) is 22.3. The number of ether oxygens (including phenoxy) is 1. The van der Waals surface area contributed by atoms with Gasteiger partial charge in [0.1, 0.15) is 5.60 Å². The van der Waals surface area contributed by atoms with Crippen LogP contribution in [0.2, 0.25) is 0 Å². The van der Waals surface area contributed by atoms with E-state index in [1.54, 1.807) is 57.3 Å². The maximum atomic E-state index is 12.2. The molecule has 0 aliphatic carbocycles. The Bertz CT molecular complexity index is 2020. The lowest BCUT2D eigenvalue weighted by molar-refractivity contribution is -0.386. The number of para-hydroxylation sites is 2. The van der Waals surface area contributed by atoms with Crippen molar-refractivity contribution in [3.05, 3.63) is 122 Å². The van der Waals surface area contributed by atoms with Gasteiger partial charge in [0.05, 0.1) is 26.7 Å². The summed E-state index contributed by atoms with van der Waals surface area (Å²) in [6.07, 6.45) is 2.40. The Morgan fingerprint density at radius 1 is 0.872 bits per heavy atom. The van der Waals surface area contributed by atoms with Crippen LogP contribution in [0, 0.1) is 20.2 Å². The van der Waals surface area contributed by atoms with Crippen LogP contribution >= 0.6 is 15.9 Å². The molecule has 3 N–H and O–H groups in total. The second-order valence-electron chi connectivity index (χ2n) is 10.8. The Kier molecular flexibility index (Phi) is 10.8. The summed E-state index contributed by atoms with van der Waals surface area (Å²) in [5.74, 6) is 0. The Morgan fingerprint density at radius 3 is 2.04 bits per heavy atom. The highest BCUT2D eigenvalue weighted by molar-refractivity contribution is 9.10. The molecule has 6 rings (SSSR count). The highest BCUT2D eigenvalue weighted by Gasteiger charge is 2.26. The van der Waals surface area contributed by atoms with Gasteiger partial charge in [-0.1, -0.05) is 36.4 Å². The molecule has 6 aromatic rings. The minimum absolute atomic E-state index is 0.00376. The summed E-state index contributed by atoms with van der Waals surface area (Å²) in [4.78, 5) is 43.3. The molecule has 0 radical (unpaired) electrons. The van der Waals surface area contributed by atoms with E-state index in [1.807, 2.05) is 36.4 Å². The minimum atomic E-state index is -1.74. The number of aromatic nitrogens is 4. The standard InChI is InChI=1S/C13H16BNO4.C13H9N3O2.C5H3BrN2O2/c1-13(2,3)19-12(16)15-10-7-5-4-6-9(10)8-11(15)14(17)18;17-16(18)12-6-3-7-14-13(12)11-8-9-4-1-2-5-10(9)15-11;6-5-4(8(9)10)2-1-3-7-5/h4-8,17-18H,1-3H3;1-8,15H;1-3H. The van der Waals surface area contributed by atoms with Gasteiger partial charge in [-0.3, -0.25) is 24.8 Å². The van der Waals surface area contributed by atoms with Gasteiger partial charge in [-0.25, -0.2) is 14.8 Å². The molecule has 0 atom stereocenters. The van der Waals surface area contributed by atoms with Gasteiger partial charge in [0.15, 0.2) is 10.3 Å². The summed E-state index contributed by atoms with van der Waals surface area (Å²) in [7, 11) is -1.74. The SMILES string of the molecule is CC(C)(C)OC(=O)n1c(B(O)O)cc2ccccc21.O=[N+]([O-])c1cccnc1-c1cc2ccccc2[nH]1.O=[N+]([O-])c1cccnc1Br. The minimum Gasteiger partial charge on any atom is -0.443 e. The van der Waals surface area contributed by atoms with Gasteiger partial charge in [-0.05, 0) is 78.5 Å². The second kappa shape index (κ2) is 14.8. The van der Waals surface area contributed by atoms with Crippen LogP contribution in [0.1, 0.15) is 20.8 Å². The van der Waals surface area contributed by atoms with Crippen LogP contribution < -0.4 is 5.59 Å². The van der Waals surface area contributed by atoms with Crippen molar-refractivity contribution in [3.8, 4) is 11.4 Å². The van der Waals surface area contributed by atoms with Gasteiger partial charge in [-0.2, -0.15) is 0 Å². The molecule has 47 heavy (non-hydrogen) atoms. The molecule has 4 aromatic heterocycles. The predicted octanol–water partition coefficient (Wildman–Crippen LogP) is 5.99. The number of nitrogens with one attached hydrogen (secondary N) is 1. The molecule has 0 bridgehead atoms. The number of carbonyl (C=O) groups is 1. The van der Waals surface area contributed by atoms with Crippen molar-refractivity contribution in [3.63, 3.8) is 0 Å². The number of nitrogens with zero attached hydrogens (tertiary/aromatic N) is 5. The lowest BCUT2D eigenvalue weighted by atomic mass is 9.86. The largest absolute Gasteiger partial charge is 0.506 e. The predicted molar refractivity (Wildman–Crippen MR) is 180 cm³/mol. The molecular weight excluding hydrogens is 675 g/mol. The zero-order valence-corrected chi connectivity index (χ0v) is 26.9. The number of pyridine rings is 2. The first-order valence-electron chi connectivity index (χ1n) is 13.9. The fraction of sp³-hybridized carbons (Fsp3) is 0.129. The van der Waals surface area contributed by atoms with Gasteiger partial charge >= 0.3 is 18.9 Å². The molecule has 240 valence electrons. The number of fused-ring (bicyclic) bond motifs is 2. The second-order valence-corrected chi connectivity index (χ2v) is 11.5. The number of rotatable bonds is 4. The van der Waals surface area contributed by atoms with Gasteiger partial charge in [0.2, 0.25) is 0 Å². The molecule has 0 saturated carbocycles. The molecule has 0 amide bonds. The van der Waals surface area contributed by atoms with E-state index in [0.717, 1.165) is 16.3 Å². The summed E-state index contributed by atoms with van der Waals surface area (Å²) >= 11 is 2.94. The number of hydrogen-bond donors (Lipinski definition) is 3. The van der Waals surface area contributed by atoms with Gasteiger partial charge in [0.25, 0.3) is 5.69 Å². The average Bonchev–Trinajstić information content (AvgIpc) is 3.63. The molecule has 0 fully saturated rings. The Hall–Kier alpha value is -5.45. The fourth-order valence-electron chi connectivity index (χ4n) is 4.34. The number of halogens is 1. The van der Waals surface area contributed by atoms with Gasteiger partial charge < -0.3 is 19.8 Å². The molecule has 14 nitrogen and oxygen atoms in total. The van der Waals surface area contributed by atoms with Crippen LogP contribution in [0.4, 0.5) is 16.2 Å². The average molecular weight is 703 g/mol. The van der Waals surface area contributed by atoms with Gasteiger partial charge in [-0.15, -0.1) is 0 Å². The lowest BCUT2D eigenvalue weighted by Gasteiger charge is -2.20. The zero-order chi connectivity index (χ0) is 34.3. The quantitative estimate of drug-likeness (QED) is 0.0847. The zero-order valence-electron chi connectivity index (χ0n) is 25.3. The molecule has 4 heterocycles. The molecule has 0 aliphatic rings. The first-order valence-corrected chi connectivity index (χ1v) is 14.7. The Balaban J connectivity index is 0.000000167. The van der Waals surface area contributed by atoms with Crippen LogP contribution in [0.5, 0.6) is 0 Å². The highest BCUT2D eigenvalue weighted by Crippen LogP contribution is 2.29. The van der Waals surface area contributed by atoms with Crippen molar-refractivity contribution >= 4 is 67.9 Å². The van der Waals surface area contributed by atoms with Crippen LogP contribution in [-0.4, -0.2) is 58.2 Å². The number of carbonyl (C=O) groups excluding carboxylic acids is 1. The van der Waals surface area contributed by atoms with E-state index in [2.05, 4.69) is 30.9 Å². The van der Waals surface area contributed by atoms with E-state index in [4.69, 9.17) is 4.74 Å². The summed E-state index contributed by atoms with van der Waals surface area (Å²) < 4.78 is 6.73. The van der Waals surface area contributed by atoms with Crippen LogP contribution in [-0.2, 0) is 4.74 Å². The van der Waals surface area contributed by atoms with Crippen molar-refractivity contribution in [2.45, 2.75) is 26.4 Å². The summed E-state index contributed by atoms with van der Waals surface area (Å²) in [5.41, 5.74) is 1.97. The molecule has 0 saturated heterocycles. The van der Waals surface area contributed by atoms with Crippen molar-refractivity contribution in [1.29, 1.82) is 0 Å². The van der Waals surface area contributed by atoms with Crippen LogP contribution in [0.25, 0.3) is 33.2 Å². The molecule has 0 aliphatic heterocycles. The topological polar surface area (TPSA) is 200 Å². The third kappa shape index (κ3) is 8.63. The Labute approximate surface area is 276 Å². The summed E-state index contributed by atoms with van der Waals surface area (Å²) in [6.45, 7) is 5.27. The normalized spacial score (nSPS) is 10.8. The molecule has 2 aromatic carbocycles. The van der Waals surface area contributed by atoms with E-state index in [1.165, 1.54) is 29.0 Å². The number of H-pyrrole nitrogens is 1. The number of aromatic amines is 1. The van der Waals surface area contributed by atoms with Crippen LogP contribution in [0.3, 0.4) is 0 Å². The lowest BCUT2D eigenvalue weighted by Crippen LogP contribution is -2.40. The van der Waals surface area contributed by atoms with Crippen molar-refractivity contribution in [2.75, 3.05) is 0 Å². The maximum absolute atomic E-state index is 12.2. The fourth-order valence-corrected chi connectivity index (χ4v) is 4.74. The smallest absolute Gasteiger partial charge is 0.443 e. The number of benzene rings is 2.